The molecular weight excluding hydrogens is 198 g/mol. The molecule has 0 spiro atoms. The fourth-order valence-electron chi connectivity index (χ4n) is 2.22. The Bertz CT molecular complexity index is 315. The van der Waals surface area contributed by atoms with Crippen molar-refractivity contribution in [3.05, 3.63) is 18.0 Å². The highest BCUT2D eigenvalue weighted by atomic mass is 15.3. The second kappa shape index (κ2) is 5.48. The van der Waals surface area contributed by atoms with Crippen LogP contribution in [0.1, 0.15) is 51.3 Å². The normalized spacial score (nSPS) is 17.6. The summed E-state index contributed by atoms with van der Waals surface area (Å²) in [7, 11) is 0. The average molecular weight is 221 g/mol. The van der Waals surface area contributed by atoms with E-state index in [1.165, 1.54) is 31.4 Å². The summed E-state index contributed by atoms with van der Waals surface area (Å²) >= 11 is 0. The molecule has 0 saturated heterocycles. The van der Waals surface area contributed by atoms with Crippen molar-refractivity contribution in [1.82, 2.24) is 15.1 Å². The van der Waals surface area contributed by atoms with E-state index >= 15 is 0 Å². The molecule has 1 aliphatic carbocycles. The van der Waals surface area contributed by atoms with Gasteiger partial charge in [0.2, 0.25) is 0 Å². The van der Waals surface area contributed by atoms with Gasteiger partial charge in [0.05, 0.1) is 5.69 Å². The first kappa shape index (κ1) is 11.6. The Morgan fingerprint density at radius 1 is 1.50 bits per heavy atom. The molecule has 1 atom stereocenters. The third kappa shape index (κ3) is 2.85. The number of hydrogen-bond donors (Lipinski definition) is 1. The molecule has 1 aromatic heterocycles. The second-order valence-electron chi connectivity index (χ2n) is 4.76. The Morgan fingerprint density at radius 3 is 2.94 bits per heavy atom. The van der Waals surface area contributed by atoms with Crippen molar-refractivity contribution in [3.63, 3.8) is 0 Å². The van der Waals surface area contributed by atoms with Crippen LogP contribution in [0.25, 0.3) is 0 Å². The molecule has 0 radical (unpaired) electrons. The average Bonchev–Trinajstić information content (AvgIpc) is 2.99. The van der Waals surface area contributed by atoms with Crippen LogP contribution in [0, 0.1) is 5.92 Å². The van der Waals surface area contributed by atoms with Crippen LogP contribution in [0.5, 0.6) is 0 Å². The minimum absolute atomic E-state index is 0.509. The van der Waals surface area contributed by atoms with Crippen LogP contribution in [0.2, 0.25) is 0 Å². The molecule has 0 aromatic carbocycles. The summed E-state index contributed by atoms with van der Waals surface area (Å²) in [5, 5.41) is 8.03. The van der Waals surface area contributed by atoms with E-state index in [2.05, 4.69) is 35.0 Å². The molecule has 90 valence electrons. The predicted molar refractivity (Wildman–Crippen MR) is 66.3 cm³/mol. The lowest BCUT2D eigenvalue weighted by Crippen LogP contribution is -2.25. The number of nitrogens with zero attached hydrogens (tertiary/aromatic N) is 2. The number of rotatable bonds is 7. The first-order valence-electron chi connectivity index (χ1n) is 6.60. The third-order valence-corrected chi connectivity index (χ3v) is 3.31. The zero-order valence-electron chi connectivity index (χ0n) is 10.4. The van der Waals surface area contributed by atoms with Crippen molar-refractivity contribution in [2.75, 3.05) is 6.54 Å². The van der Waals surface area contributed by atoms with Crippen molar-refractivity contribution < 1.29 is 0 Å². The lowest BCUT2D eigenvalue weighted by molar-refractivity contribution is 0.437. The monoisotopic (exact) mass is 221 g/mol. The topological polar surface area (TPSA) is 29.9 Å². The van der Waals surface area contributed by atoms with E-state index in [1.54, 1.807) is 0 Å². The maximum absolute atomic E-state index is 4.37. The van der Waals surface area contributed by atoms with E-state index in [4.69, 9.17) is 0 Å². The summed E-state index contributed by atoms with van der Waals surface area (Å²) in [5.41, 5.74) is 1.36. The molecule has 16 heavy (non-hydrogen) atoms. The van der Waals surface area contributed by atoms with Gasteiger partial charge in [-0.1, -0.05) is 19.8 Å². The largest absolute Gasteiger partial charge is 0.309 e. The Balaban J connectivity index is 2.03. The summed E-state index contributed by atoms with van der Waals surface area (Å²) in [5.74, 6) is 0.953. The van der Waals surface area contributed by atoms with E-state index in [0.717, 1.165) is 19.0 Å². The number of hydrogen-bond acceptors (Lipinski definition) is 2. The molecule has 0 bridgehead atoms. The van der Waals surface area contributed by atoms with E-state index in [-0.39, 0.29) is 0 Å². The predicted octanol–water partition coefficient (Wildman–Crippen LogP) is 2.74. The first-order valence-corrected chi connectivity index (χ1v) is 6.60. The molecule has 3 nitrogen and oxygen atoms in total. The highest BCUT2D eigenvalue weighted by Crippen LogP contribution is 2.37. The van der Waals surface area contributed by atoms with Crippen molar-refractivity contribution >= 4 is 0 Å². The van der Waals surface area contributed by atoms with Gasteiger partial charge in [-0.15, -0.1) is 0 Å². The SMILES string of the molecule is CCCNC(CC1CC1)c1ccnn1CC. The minimum atomic E-state index is 0.509. The van der Waals surface area contributed by atoms with Crippen molar-refractivity contribution in [3.8, 4) is 0 Å². The molecule has 1 unspecified atom stereocenters. The van der Waals surface area contributed by atoms with Crippen molar-refractivity contribution in [1.29, 1.82) is 0 Å². The summed E-state index contributed by atoms with van der Waals surface area (Å²) in [6, 6.07) is 2.68. The Morgan fingerprint density at radius 2 is 2.31 bits per heavy atom. The van der Waals surface area contributed by atoms with Crippen molar-refractivity contribution in [2.24, 2.45) is 5.92 Å². The first-order chi connectivity index (χ1) is 7.85. The fourth-order valence-corrected chi connectivity index (χ4v) is 2.22. The molecule has 1 heterocycles. The molecule has 1 aliphatic rings. The third-order valence-electron chi connectivity index (χ3n) is 3.31. The molecule has 1 aromatic rings. The minimum Gasteiger partial charge on any atom is -0.309 e. The van der Waals surface area contributed by atoms with E-state index in [9.17, 15) is 0 Å². The molecule has 0 aliphatic heterocycles. The summed E-state index contributed by atoms with van der Waals surface area (Å²) in [4.78, 5) is 0. The molecule has 1 fully saturated rings. The molecule has 1 N–H and O–H groups in total. The lowest BCUT2D eigenvalue weighted by Gasteiger charge is -2.19. The van der Waals surface area contributed by atoms with Gasteiger partial charge in [-0.05, 0) is 38.3 Å². The van der Waals surface area contributed by atoms with Crippen LogP contribution in [0.4, 0.5) is 0 Å². The van der Waals surface area contributed by atoms with Gasteiger partial charge in [0, 0.05) is 18.8 Å². The maximum Gasteiger partial charge on any atom is 0.0553 e. The van der Waals surface area contributed by atoms with Gasteiger partial charge in [0.15, 0.2) is 0 Å². The van der Waals surface area contributed by atoms with Gasteiger partial charge in [0.1, 0.15) is 0 Å². The van der Waals surface area contributed by atoms with Gasteiger partial charge in [-0.2, -0.15) is 5.10 Å². The van der Waals surface area contributed by atoms with Gasteiger partial charge < -0.3 is 5.32 Å². The fraction of sp³-hybridized carbons (Fsp3) is 0.769. The van der Waals surface area contributed by atoms with Gasteiger partial charge >= 0.3 is 0 Å². The Labute approximate surface area is 98.2 Å². The standard InChI is InChI=1S/C13H23N3/c1-3-8-14-12(10-11-5-6-11)13-7-9-15-16(13)4-2/h7,9,11-12,14H,3-6,8,10H2,1-2H3. The van der Waals surface area contributed by atoms with Crippen LogP contribution in [-0.4, -0.2) is 16.3 Å². The van der Waals surface area contributed by atoms with Crippen LogP contribution in [-0.2, 0) is 6.54 Å². The number of nitrogens with one attached hydrogen (secondary N) is 1. The highest BCUT2D eigenvalue weighted by molar-refractivity contribution is 5.08. The molecule has 1 saturated carbocycles. The van der Waals surface area contributed by atoms with Crippen LogP contribution in [0.15, 0.2) is 12.3 Å². The van der Waals surface area contributed by atoms with Gasteiger partial charge in [-0.3, -0.25) is 4.68 Å². The summed E-state index contributed by atoms with van der Waals surface area (Å²) < 4.78 is 2.12. The van der Waals surface area contributed by atoms with E-state index in [1.807, 2.05) is 6.20 Å². The second-order valence-corrected chi connectivity index (χ2v) is 4.76. The molecule has 0 amide bonds. The smallest absolute Gasteiger partial charge is 0.0553 e. The lowest BCUT2D eigenvalue weighted by atomic mass is 10.1. The van der Waals surface area contributed by atoms with Crippen LogP contribution in [0.3, 0.4) is 0 Å². The Kier molecular flexibility index (Phi) is 3.99. The molecule has 2 rings (SSSR count). The van der Waals surface area contributed by atoms with Crippen LogP contribution >= 0.6 is 0 Å². The zero-order chi connectivity index (χ0) is 11.4. The zero-order valence-corrected chi connectivity index (χ0v) is 10.4. The number of aromatic nitrogens is 2. The Hall–Kier alpha value is -0.830. The number of aryl methyl sites for hydroxylation is 1. The van der Waals surface area contributed by atoms with Crippen molar-refractivity contribution in [2.45, 2.75) is 52.1 Å². The summed E-state index contributed by atoms with van der Waals surface area (Å²) in [6.45, 7) is 6.45. The maximum atomic E-state index is 4.37. The van der Waals surface area contributed by atoms with Gasteiger partial charge in [-0.25, -0.2) is 0 Å². The quantitative estimate of drug-likeness (QED) is 0.767. The van der Waals surface area contributed by atoms with Crippen LogP contribution < -0.4 is 5.32 Å². The van der Waals surface area contributed by atoms with E-state index < -0.39 is 0 Å². The van der Waals surface area contributed by atoms with E-state index in [0.29, 0.717) is 6.04 Å². The molecular formula is C13H23N3. The molecule has 3 heteroatoms. The van der Waals surface area contributed by atoms with Gasteiger partial charge in [0.25, 0.3) is 0 Å². The highest BCUT2D eigenvalue weighted by Gasteiger charge is 2.27. The summed E-state index contributed by atoms with van der Waals surface area (Å²) in [6.07, 6.45) is 7.24.